The number of nitrogens with two attached hydrogens (primary N) is 1. The molecule has 2 aromatic rings. The highest BCUT2D eigenvalue weighted by Gasteiger charge is 2.24. The third-order valence-electron chi connectivity index (χ3n) is 5.07. The van der Waals surface area contributed by atoms with E-state index in [0.717, 1.165) is 68.1 Å². The van der Waals surface area contributed by atoms with Gasteiger partial charge in [0.25, 0.3) is 5.56 Å². The Labute approximate surface area is 155 Å². The summed E-state index contributed by atoms with van der Waals surface area (Å²) in [4.78, 5) is 22.1. The van der Waals surface area contributed by atoms with E-state index in [2.05, 4.69) is 11.8 Å². The number of morpholine rings is 1. The Morgan fingerprint density at radius 2 is 2.20 bits per heavy atom. The zero-order chi connectivity index (χ0) is 17.4. The Bertz CT molecular complexity index is 826. The molecule has 0 amide bonds. The van der Waals surface area contributed by atoms with Gasteiger partial charge in [0.2, 0.25) is 0 Å². The fourth-order valence-corrected chi connectivity index (χ4v) is 5.92. The van der Waals surface area contributed by atoms with Gasteiger partial charge in [-0.3, -0.25) is 9.69 Å². The van der Waals surface area contributed by atoms with Gasteiger partial charge in [-0.2, -0.15) is 0 Å². The third-order valence-corrected chi connectivity index (χ3v) is 7.15. The molecule has 4 rings (SSSR count). The zero-order valence-electron chi connectivity index (χ0n) is 14.5. The van der Waals surface area contributed by atoms with Crippen LogP contribution in [0.25, 0.3) is 10.2 Å². The second kappa shape index (κ2) is 7.26. The lowest BCUT2D eigenvalue weighted by atomic mass is 9.89. The van der Waals surface area contributed by atoms with Crippen LogP contribution in [-0.2, 0) is 17.6 Å². The second-order valence-electron chi connectivity index (χ2n) is 6.90. The van der Waals surface area contributed by atoms with Gasteiger partial charge in [-0.15, -0.1) is 11.3 Å². The van der Waals surface area contributed by atoms with Crippen LogP contribution in [0.2, 0.25) is 0 Å². The van der Waals surface area contributed by atoms with Gasteiger partial charge in [0, 0.05) is 30.3 Å². The maximum atomic E-state index is 12.8. The molecular formula is C17H24N4O2S2. The summed E-state index contributed by atoms with van der Waals surface area (Å²) in [7, 11) is 0. The molecule has 1 unspecified atom stereocenters. The average Bonchev–Trinajstić information content (AvgIpc) is 2.97. The van der Waals surface area contributed by atoms with Crippen molar-refractivity contribution in [3.05, 3.63) is 20.8 Å². The van der Waals surface area contributed by atoms with E-state index in [1.54, 1.807) is 23.1 Å². The van der Waals surface area contributed by atoms with Gasteiger partial charge in [0.05, 0.1) is 18.6 Å². The number of hydrogen-bond donors (Lipinski definition) is 1. The van der Waals surface area contributed by atoms with Gasteiger partial charge in [0.1, 0.15) is 4.83 Å². The lowest BCUT2D eigenvalue weighted by Gasteiger charge is -2.26. The minimum Gasteiger partial charge on any atom is -0.379 e. The SMILES string of the molecule is CC1CCc2c(sc3nc(SCCN4CCOCC4)n(N)c(=O)c23)C1. The number of fused-ring (bicyclic) bond motifs is 3. The quantitative estimate of drug-likeness (QED) is 0.495. The maximum absolute atomic E-state index is 12.8. The van der Waals surface area contributed by atoms with Crippen LogP contribution in [0.1, 0.15) is 23.8 Å². The number of thiophene rings is 1. The first-order chi connectivity index (χ1) is 12.1. The fraction of sp³-hybridized carbons (Fsp3) is 0.647. The zero-order valence-corrected chi connectivity index (χ0v) is 16.1. The maximum Gasteiger partial charge on any atom is 0.281 e. The van der Waals surface area contributed by atoms with Crippen molar-refractivity contribution in [1.82, 2.24) is 14.6 Å². The van der Waals surface area contributed by atoms with Crippen LogP contribution in [0, 0.1) is 5.92 Å². The van der Waals surface area contributed by atoms with Gasteiger partial charge >= 0.3 is 0 Å². The van der Waals surface area contributed by atoms with Crippen molar-refractivity contribution in [3.8, 4) is 0 Å². The summed E-state index contributed by atoms with van der Waals surface area (Å²) in [5.41, 5.74) is 1.10. The first kappa shape index (κ1) is 17.3. The van der Waals surface area contributed by atoms with Crippen LogP contribution >= 0.6 is 23.1 Å². The van der Waals surface area contributed by atoms with Crippen molar-refractivity contribution in [1.29, 1.82) is 0 Å². The Morgan fingerprint density at radius 3 is 3.00 bits per heavy atom. The van der Waals surface area contributed by atoms with Crippen molar-refractivity contribution in [2.45, 2.75) is 31.3 Å². The summed E-state index contributed by atoms with van der Waals surface area (Å²) in [6.07, 6.45) is 3.16. The van der Waals surface area contributed by atoms with Gasteiger partial charge in [-0.1, -0.05) is 18.7 Å². The molecule has 8 heteroatoms. The molecule has 2 N–H and O–H groups in total. The number of rotatable bonds is 4. The molecule has 1 aliphatic carbocycles. The normalized spacial score (nSPS) is 21.6. The Balaban J connectivity index is 1.55. The highest BCUT2D eigenvalue weighted by molar-refractivity contribution is 7.99. The number of aryl methyl sites for hydroxylation is 1. The number of nitrogen functional groups attached to an aromatic ring is 1. The summed E-state index contributed by atoms with van der Waals surface area (Å²) >= 11 is 3.25. The van der Waals surface area contributed by atoms with Gasteiger partial charge in [-0.25, -0.2) is 9.66 Å². The van der Waals surface area contributed by atoms with E-state index < -0.39 is 0 Å². The summed E-state index contributed by atoms with van der Waals surface area (Å²) < 4.78 is 6.62. The Kier molecular flexibility index (Phi) is 5.04. The van der Waals surface area contributed by atoms with E-state index in [1.165, 1.54) is 15.1 Å². The number of nitrogens with zero attached hydrogens (tertiary/aromatic N) is 3. The largest absolute Gasteiger partial charge is 0.379 e. The van der Waals surface area contributed by atoms with E-state index in [9.17, 15) is 4.79 Å². The van der Waals surface area contributed by atoms with Crippen molar-refractivity contribution in [3.63, 3.8) is 0 Å². The first-order valence-corrected chi connectivity index (χ1v) is 10.7. The molecule has 2 aromatic heterocycles. The van der Waals surface area contributed by atoms with Gasteiger partial charge in [-0.05, 0) is 30.7 Å². The molecule has 0 spiro atoms. The van der Waals surface area contributed by atoms with Crippen LogP contribution < -0.4 is 11.4 Å². The van der Waals surface area contributed by atoms with Crippen molar-refractivity contribution in [2.24, 2.45) is 5.92 Å². The van der Waals surface area contributed by atoms with Crippen LogP contribution in [-0.4, -0.2) is 53.2 Å². The predicted octanol–water partition coefficient (Wildman–Crippen LogP) is 1.72. The van der Waals surface area contributed by atoms with E-state index in [0.29, 0.717) is 11.1 Å². The molecule has 1 aliphatic heterocycles. The van der Waals surface area contributed by atoms with E-state index in [4.69, 9.17) is 15.6 Å². The van der Waals surface area contributed by atoms with Gasteiger partial charge < -0.3 is 10.6 Å². The monoisotopic (exact) mass is 380 g/mol. The van der Waals surface area contributed by atoms with E-state index >= 15 is 0 Å². The van der Waals surface area contributed by atoms with Crippen molar-refractivity contribution >= 4 is 33.3 Å². The summed E-state index contributed by atoms with van der Waals surface area (Å²) in [5, 5.41) is 1.38. The second-order valence-corrected chi connectivity index (χ2v) is 9.05. The number of ether oxygens (including phenoxy) is 1. The summed E-state index contributed by atoms with van der Waals surface area (Å²) in [5.74, 6) is 7.64. The average molecular weight is 381 g/mol. The molecule has 3 heterocycles. The molecule has 0 bridgehead atoms. The topological polar surface area (TPSA) is 73.4 Å². The minimum absolute atomic E-state index is 0.0917. The molecule has 6 nitrogen and oxygen atoms in total. The molecule has 25 heavy (non-hydrogen) atoms. The van der Waals surface area contributed by atoms with Crippen molar-refractivity contribution < 1.29 is 4.74 Å². The molecular weight excluding hydrogens is 356 g/mol. The number of thioether (sulfide) groups is 1. The Morgan fingerprint density at radius 1 is 1.40 bits per heavy atom. The van der Waals surface area contributed by atoms with Crippen molar-refractivity contribution in [2.75, 3.05) is 44.4 Å². The highest BCUT2D eigenvalue weighted by atomic mass is 32.2. The van der Waals surface area contributed by atoms with Gasteiger partial charge in [0.15, 0.2) is 5.16 Å². The van der Waals surface area contributed by atoms with Crippen LogP contribution in [0.5, 0.6) is 0 Å². The molecule has 0 saturated carbocycles. The summed E-state index contributed by atoms with van der Waals surface area (Å²) in [6.45, 7) is 6.77. The highest BCUT2D eigenvalue weighted by Crippen LogP contribution is 2.36. The smallest absolute Gasteiger partial charge is 0.281 e. The minimum atomic E-state index is -0.0917. The summed E-state index contributed by atoms with van der Waals surface area (Å²) in [6, 6.07) is 0. The van der Waals surface area contributed by atoms with E-state index in [1.807, 2.05) is 0 Å². The van der Waals surface area contributed by atoms with Crippen LogP contribution in [0.4, 0.5) is 0 Å². The number of aromatic nitrogens is 2. The molecule has 0 aromatic carbocycles. The molecule has 1 saturated heterocycles. The standard InChI is InChI=1S/C17H24N4O2S2/c1-11-2-3-12-13(10-11)25-15-14(12)16(22)21(18)17(19-15)24-9-6-20-4-7-23-8-5-20/h11H,2-10,18H2,1H3. The predicted molar refractivity (Wildman–Crippen MR) is 103 cm³/mol. The molecule has 1 fully saturated rings. The lowest BCUT2D eigenvalue weighted by molar-refractivity contribution is 0.0410. The third kappa shape index (κ3) is 3.45. The first-order valence-electron chi connectivity index (χ1n) is 8.88. The number of hydrogen-bond acceptors (Lipinski definition) is 7. The fourth-order valence-electron chi connectivity index (χ4n) is 3.58. The Hall–Kier alpha value is -1.09. The molecule has 0 radical (unpaired) electrons. The lowest BCUT2D eigenvalue weighted by Crippen LogP contribution is -2.37. The molecule has 136 valence electrons. The molecule has 1 atom stereocenters. The molecule has 2 aliphatic rings. The van der Waals surface area contributed by atoms with Crippen LogP contribution in [0.3, 0.4) is 0 Å². The van der Waals surface area contributed by atoms with E-state index in [-0.39, 0.29) is 5.56 Å². The van der Waals surface area contributed by atoms with Crippen LogP contribution in [0.15, 0.2) is 9.95 Å².